The number of carbonyl (C=O) groups excluding carboxylic acids is 1. The molecular weight excluding hydrogens is 488 g/mol. The van der Waals surface area contributed by atoms with Crippen molar-refractivity contribution in [2.45, 2.75) is 18.9 Å². The molecule has 0 saturated carbocycles. The fraction of sp³-hybridized carbons (Fsp3) is 0.103. The molecule has 0 aliphatic heterocycles. The summed E-state index contributed by atoms with van der Waals surface area (Å²) in [4.78, 5) is 24.9. The SMILES string of the molecule is N#Cc1cc(-c2cccnc2[C@H](Cc2cc(F)cc(F)c2)NC(=O)Cc2c[nH]c3ccc(O)cc23)ccn1. The maximum atomic E-state index is 14.0. The van der Waals surface area contributed by atoms with Crippen LogP contribution in [0, 0.1) is 23.0 Å². The van der Waals surface area contributed by atoms with Gasteiger partial charge in [0.25, 0.3) is 0 Å². The van der Waals surface area contributed by atoms with E-state index in [0.29, 0.717) is 33.3 Å². The summed E-state index contributed by atoms with van der Waals surface area (Å²) in [6.07, 6.45) is 4.83. The number of nitriles is 1. The van der Waals surface area contributed by atoms with Gasteiger partial charge in [-0.15, -0.1) is 0 Å². The van der Waals surface area contributed by atoms with Crippen LogP contribution in [0.25, 0.3) is 22.0 Å². The minimum Gasteiger partial charge on any atom is -0.508 e. The molecule has 1 atom stereocenters. The predicted molar refractivity (Wildman–Crippen MR) is 137 cm³/mol. The van der Waals surface area contributed by atoms with Crippen LogP contribution in [-0.4, -0.2) is 26.0 Å². The monoisotopic (exact) mass is 509 g/mol. The lowest BCUT2D eigenvalue weighted by Gasteiger charge is -2.21. The van der Waals surface area contributed by atoms with Crippen molar-refractivity contribution in [2.24, 2.45) is 0 Å². The quantitative estimate of drug-likeness (QED) is 0.282. The number of amides is 1. The predicted octanol–water partition coefficient (Wildman–Crippen LogP) is 5.12. The highest BCUT2D eigenvalue weighted by Gasteiger charge is 2.22. The zero-order valence-corrected chi connectivity index (χ0v) is 20.0. The maximum absolute atomic E-state index is 14.0. The molecule has 9 heteroatoms. The molecule has 3 aromatic heterocycles. The number of aromatic amines is 1. The molecule has 0 aliphatic rings. The van der Waals surface area contributed by atoms with Crippen LogP contribution in [-0.2, 0) is 17.6 Å². The molecule has 1 amide bonds. The summed E-state index contributed by atoms with van der Waals surface area (Å²) in [5.41, 5.74) is 3.79. The Hall–Kier alpha value is -5.10. The van der Waals surface area contributed by atoms with Crippen molar-refractivity contribution < 1.29 is 18.7 Å². The minimum absolute atomic E-state index is 0.00648. The van der Waals surface area contributed by atoms with Crippen LogP contribution in [0.5, 0.6) is 5.75 Å². The zero-order chi connectivity index (χ0) is 26.6. The summed E-state index contributed by atoms with van der Waals surface area (Å²) in [5.74, 6) is -1.72. The molecule has 5 rings (SSSR count). The molecule has 0 saturated heterocycles. The lowest BCUT2D eigenvalue weighted by Crippen LogP contribution is -2.32. The van der Waals surface area contributed by atoms with Crippen molar-refractivity contribution in [1.82, 2.24) is 20.3 Å². The van der Waals surface area contributed by atoms with E-state index in [0.717, 1.165) is 11.6 Å². The summed E-state index contributed by atoms with van der Waals surface area (Å²) in [5, 5.41) is 22.9. The van der Waals surface area contributed by atoms with Crippen molar-refractivity contribution in [3.05, 3.63) is 113 Å². The largest absolute Gasteiger partial charge is 0.508 e. The molecule has 188 valence electrons. The number of halogens is 2. The smallest absolute Gasteiger partial charge is 0.225 e. The number of H-pyrrole nitrogens is 1. The molecule has 0 radical (unpaired) electrons. The molecule has 3 N–H and O–H groups in total. The Kier molecular flexibility index (Phi) is 6.78. The van der Waals surface area contributed by atoms with Crippen LogP contribution in [0.4, 0.5) is 8.78 Å². The van der Waals surface area contributed by atoms with Gasteiger partial charge in [0.15, 0.2) is 0 Å². The first-order valence-electron chi connectivity index (χ1n) is 11.7. The Morgan fingerprint density at radius 2 is 1.87 bits per heavy atom. The molecule has 5 aromatic rings. The molecule has 0 unspecified atom stereocenters. The summed E-state index contributed by atoms with van der Waals surface area (Å²) >= 11 is 0. The highest BCUT2D eigenvalue weighted by molar-refractivity contribution is 5.90. The average molecular weight is 510 g/mol. The number of carbonyl (C=O) groups is 1. The van der Waals surface area contributed by atoms with E-state index in [1.165, 1.54) is 18.3 Å². The molecule has 0 aliphatic carbocycles. The molecule has 0 spiro atoms. The Morgan fingerprint density at radius 3 is 2.66 bits per heavy atom. The Balaban J connectivity index is 1.51. The van der Waals surface area contributed by atoms with Crippen LogP contribution in [0.1, 0.15) is 28.6 Å². The molecule has 2 aromatic carbocycles. The van der Waals surface area contributed by atoms with Gasteiger partial charge >= 0.3 is 0 Å². The van der Waals surface area contributed by atoms with Crippen LogP contribution < -0.4 is 5.32 Å². The van der Waals surface area contributed by atoms with E-state index in [2.05, 4.69) is 20.3 Å². The number of benzene rings is 2. The topological polar surface area (TPSA) is 115 Å². The van der Waals surface area contributed by atoms with E-state index in [9.17, 15) is 23.9 Å². The van der Waals surface area contributed by atoms with Gasteiger partial charge < -0.3 is 15.4 Å². The van der Waals surface area contributed by atoms with Gasteiger partial charge in [-0.05, 0) is 71.6 Å². The normalized spacial score (nSPS) is 11.7. The molecule has 3 heterocycles. The highest BCUT2D eigenvalue weighted by atomic mass is 19.1. The third-order valence-corrected chi connectivity index (χ3v) is 6.15. The van der Waals surface area contributed by atoms with E-state index in [-0.39, 0.29) is 30.2 Å². The van der Waals surface area contributed by atoms with Gasteiger partial charge in [0, 0.05) is 41.1 Å². The number of aromatic hydroxyl groups is 1. The summed E-state index contributed by atoms with van der Waals surface area (Å²) in [6, 6.07) is 16.2. The van der Waals surface area contributed by atoms with Gasteiger partial charge in [-0.3, -0.25) is 9.78 Å². The van der Waals surface area contributed by atoms with E-state index in [1.54, 1.807) is 54.9 Å². The summed E-state index contributed by atoms with van der Waals surface area (Å²) in [6.45, 7) is 0. The number of pyridine rings is 2. The van der Waals surface area contributed by atoms with Gasteiger partial charge in [0.1, 0.15) is 29.1 Å². The van der Waals surface area contributed by atoms with Crippen molar-refractivity contribution in [1.29, 1.82) is 5.26 Å². The first kappa shape index (κ1) is 24.6. The fourth-order valence-corrected chi connectivity index (χ4v) is 4.51. The molecule has 7 nitrogen and oxygen atoms in total. The number of aromatic nitrogens is 3. The van der Waals surface area contributed by atoms with Gasteiger partial charge in [-0.2, -0.15) is 5.26 Å². The van der Waals surface area contributed by atoms with Gasteiger partial charge in [-0.1, -0.05) is 6.07 Å². The number of phenols is 1. The first-order chi connectivity index (χ1) is 18.4. The second kappa shape index (κ2) is 10.5. The van der Waals surface area contributed by atoms with Crippen molar-refractivity contribution in [2.75, 3.05) is 0 Å². The van der Waals surface area contributed by atoms with Crippen LogP contribution >= 0.6 is 0 Å². The Bertz CT molecular complexity index is 1670. The molecule has 0 bridgehead atoms. The minimum atomic E-state index is -0.753. The van der Waals surface area contributed by atoms with Crippen LogP contribution in [0.3, 0.4) is 0 Å². The average Bonchev–Trinajstić information content (AvgIpc) is 3.29. The highest BCUT2D eigenvalue weighted by Crippen LogP contribution is 2.30. The standard InChI is InChI=1S/C29H21F2N5O2/c30-20-8-17(9-21(31)13-20)10-27(29-24(2-1-6-34-29)18-5-7-33-22(11-18)15-32)36-28(38)12-19-16-35-26-4-3-23(37)14-25(19)26/h1-9,11,13-14,16,27,35,37H,10,12H2,(H,36,38)/t27-/m0/s1. The lowest BCUT2D eigenvalue weighted by atomic mass is 9.95. The van der Waals surface area contributed by atoms with E-state index in [4.69, 9.17) is 0 Å². The zero-order valence-electron chi connectivity index (χ0n) is 20.0. The molecule has 38 heavy (non-hydrogen) atoms. The van der Waals surface area contributed by atoms with Crippen LogP contribution in [0.2, 0.25) is 0 Å². The Labute approximate surface area is 216 Å². The van der Waals surface area contributed by atoms with Crippen LogP contribution in [0.15, 0.2) is 79.3 Å². The molecule has 0 fully saturated rings. The second-order valence-corrected chi connectivity index (χ2v) is 8.80. The van der Waals surface area contributed by atoms with Crippen molar-refractivity contribution in [3.63, 3.8) is 0 Å². The number of nitrogens with one attached hydrogen (secondary N) is 2. The second-order valence-electron chi connectivity index (χ2n) is 8.80. The lowest BCUT2D eigenvalue weighted by molar-refractivity contribution is -0.121. The van der Waals surface area contributed by atoms with Crippen molar-refractivity contribution in [3.8, 4) is 22.9 Å². The number of hydrogen-bond acceptors (Lipinski definition) is 5. The van der Waals surface area contributed by atoms with E-state index >= 15 is 0 Å². The number of phenolic OH excluding ortho intramolecular Hbond substituents is 1. The third kappa shape index (κ3) is 5.34. The third-order valence-electron chi connectivity index (χ3n) is 6.15. The Morgan fingerprint density at radius 1 is 1.05 bits per heavy atom. The van der Waals surface area contributed by atoms with Gasteiger partial charge in [0.2, 0.25) is 5.91 Å². The fourth-order valence-electron chi connectivity index (χ4n) is 4.51. The number of rotatable bonds is 7. The summed E-state index contributed by atoms with van der Waals surface area (Å²) in [7, 11) is 0. The van der Waals surface area contributed by atoms with Gasteiger partial charge in [-0.25, -0.2) is 13.8 Å². The number of nitrogens with zero attached hydrogens (tertiary/aromatic N) is 3. The maximum Gasteiger partial charge on any atom is 0.225 e. The van der Waals surface area contributed by atoms with E-state index in [1.807, 2.05) is 6.07 Å². The number of fused-ring (bicyclic) bond motifs is 1. The van der Waals surface area contributed by atoms with Crippen molar-refractivity contribution >= 4 is 16.8 Å². The van der Waals surface area contributed by atoms with E-state index < -0.39 is 17.7 Å². The first-order valence-corrected chi connectivity index (χ1v) is 11.7. The molecular formula is C29H21F2N5O2. The van der Waals surface area contributed by atoms with Gasteiger partial charge in [0.05, 0.1) is 18.2 Å². The summed E-state index contributed by atoms with van der Waals surface area (Å²) < 4.78 is 28.0. The number of hydrogen-bond donors (Lipinski definition) is 3.